The number of guanidine groups is 1. The Balaban J connectivity index is 1.33. The summed E-state index contributed by atoms with van der Waals surface area (Å²) in [4.78, 5) is 6.35. The van der Waals surface area contributed by atoms with Gasteiger partial charge in [0.15, 0.2) is 0 Å². The molecule has 0 bridgehead atoms. The number of nitrogens with two attached hydrogens (primary N) is 1. The van der Waals surface area contributed by atoms with Crippen LogP contribution in [0.5, 0.6) is 5.75 Å². The molecule has 0 spiro atoms. The van der Waals surface area contributed by atoms with Crippen molar-refractivity contribution in [1.29, 1.82) is 0 Å². The van der Waals surface area contributed by atoms with Crippen molar-refractivity contribution in [2.45, 2.75) is 25.5 Å². The molecule has 9 heteroatoms. The molecule has 0 radical (unpaired) electrons. The van der Waals surface area contributed by atoms with Crippen LogP contribution in [0.25, 0.3) is 22.2 Å². The Morgan fingerprint density at radius 1 is 1.15 bits per heavy atom. The molecule has 4 aromatic rings. The first-order chi connectivity index (χ1) is 16.1. The molecular weight excluding hydrogens is 486 g/mol. The number of likely N-dealkylation sites (tertiary alicyclic amines) is 1. The molecule has 168 valence electrons. The number of ether oxygens (including phenoxy) is 1. The van der Waals surface area contributed by atoms with Gasteiger partial charge in [0.2, 0.25) is 17.7 Å². The molecule has 1 aromatic heterocycles. The number of halogens is 1. The second-order valence-electron chi connectivity index (χ2n) is 7.90. The lowest BCUT2D eigenvalue weighted by atomic mass is 10.1. The summed E-state index contributed by atoms with van der Waals surface area (Å²) in [7, 11) is 0. The average Bonchev–Trinajstić information content (AvgIpc) is 3.52. The number of oxime groups is 1. The topological polar surface area (TPSA) is 110 Å². The first-order valence-electron chi connectivity index (χ1n) is 10.6. The summed E-state index contributed by atoms with van der Waals surface area (Å²) in [6.07, 6.45) is 1.71. The summed E-state index contributed by atoms with van der Waals surface area (Å²) in [5, 5.41) is 18.4. The first kappa shape index (κ1) is 21.3. The molecule has 8 nitrogen and oxygen atoms in total. The lowest BCUT2D eigenvalue weighted by Gasteiger charge is -2.21. The van der Waals surface area contributed by atoms with Gasteiger partial charge in [-0.15, -0.1) is 0 Å². The second-order valence-corrected chi connectivity index (χ2v) is 8.82. The second kappa shape index (κ2) is 9.11. The van der Waals surface area contributed by atoms with E-state index in [1.54, 1.807) is 4.90 Å². The van der Waals surface area contributed by atoms with E-state index in [1.165, 1.54) is 0 Å². The van der Waals surface area contributed by atoms with E-state index in [1.807, 2.05) is 60.7 Å². The first-order valence-corrected chi connectivity index (χ1v) is 11.4. The highest BCUT2D eigenvalue weighted by molar-refractivity contribution is 9.10. The van der Waals surface area contributed by atoms with E-state index in [0.29, 0.717) is 24.9 Å². The molecule has 1 atom stereocenters. The third-order valence-electron chi connectivity index (χ3n) is 5.76. The third kappa shape index (κ3) is 4.49. The monoisotopic (exact) mass is 507 g/mol. The summed E-state index contributed by atoms with van der Waals surface area (Å²) in [5.41, 5.74) is 7.74. The normalized spacial score (nSPS) is 16.5. The van der Waals surface area contributed by atoms with Crippen LogP contribution in [0, 0.1) is 0 Å². The molecule has 2 heterocycles. The summed E-state index contributed by atoms with van der Waals surface area (Å²) in [6, 6.07) is 19.9. The Morgan fingerprint density at radius 2 is 1.94 bits per heavy atom. The van der Waals surface area contributed by atoms with Crippen LogP contribution in [0.4, 0.5) is 0 Å². The Bertz CT molecular complexity index is 1310. The minimum atomic E-state index is -0.187. The lowest BCUT2D eigenvalue weighted by Crippen LogP contribution is -2.36. The van der Waals surface area contributed by atoms with Gasteiger partial charge in [-0.05, 0) is 59.5 Å². The van der Waals surface area contributed by atoms with Crippen molar-refractivity contribution >= 4 is 32.7 Å². The predicted octanol–water partition coefficient (Wildman–Crippen LogP) is 5.07. The fraction of sp³-hybridized carbons (Fsp3) is 0.208. The number of hydrogen-bond donors (Lipinski definition) is 2. The van der Waals surface area contributed by atoms with E-state index >= 15 is 0 Å². The maximum atomic E-state index is 9.01. The van der Waals surface area contributed by atoms with Gasteiger partial charge in [0, 0.05) is 16.6 Å². The highest BCUT2D eigenvalue weighted by Crippen LogP contribution is 2.32. The molecule has 0 aliphatic carbocycles. The van der Waals surface area contributed by atoms with E-state index in [2.05, 4.69) is 31.2 Å². The highest BCUT2D eigenvalue weighted by Gasteiger charge is 2.32. The molecule has 3 aromatic carbocycles. The van der Waals surface area contributed by atoms with E-state index in [0.717, 1.165) is 45.0 Å². The lowest BCUT2D eigenvalue weighted by molar-refractivity contribution is 0.263. The zero-order chi connectivity index (χ0) is 22.8. The van der Waals surface area contributed by atoms with Crippen molar-refractivity contribution in [2.75, 3.05) is 6.54 Å². The summed E-state index contributed by atoms with van der Waals surface area (Å²) in [5.74, 6) is 1.84. The Labute approximate surface area is 198 Å². The number of benzene rings is 3. The minimum Gasteiger partial charge on any atom is -0.489 e. The van der Waals surface area contributed by atoms with Crippen LogP contribution in [0.2, 0.25) is 0 Å². The minimum absolute atomic E-state index is 0.0566. The predicted molar refractivity (Wildman–Crippen MR) is 128 cm³/mol. The molecule has 0 saturated carbocycles. The molecule has 5 rings (SSSR count). The van der Waals surface area contributed by atoms with Crippen molar-refractivity contribution in [1.82, 2.24) is 15.0 Å². The molecule has 3 N–H and O–H groups in total. The molecule has 0 amide bonds. The highest BCUT2D eigenvalue weighted by atomic mass is 79.9. The Kier molecular flexibility index (Phi) is 5.87. The van der Waals surface area contributed by atoms with Crippen molar-refractivity contribution in [3.63, 3.8) is 0 Å². The van der Waals surface area contributed by atoms with Crippen molar-refractivity contribution in [3.05, 3.63) is 76.6 Å². The van der Waals surface area contributed by atoms with E-state index in [9.17, 15) is 0 Å². The quantitative estimate of drug-likeness (QED) is 0.168. The summed E-state index contributed by atoms with van der Waals surface area (Å²) in [6.45, 7) is 1.19. The Morgan fingerprint density at radius 3 is 2.76 bits per heavy atom. The van der Waals surface area contributed by atoms with Gasteiger partial charge in [-0.1, -0.05) is 56.6 Å². The van der Waals surface area contributed by atoms with Crippen LogP contribution in [0.1, 0.15) is 30.3 Å². The van der Waals surface area contributed by atoms with Gasteiger partial charge in [0.05, 0.1) is 0 Å². The smallest absolute Gasteiger partial charge is 0.249 e. The maximum absolute atomic E-state index is 9.01. The molecule has 1 saturated heterocycles. The van der Waals surface area contributed by atoms with Crippen LogP contribution in [-0.2, 0) is 6.61 Å². The maximum Gasteiger partial charge on any atom is 0.249 e. The van der Waals surface area contributed by atoms with Gasteiger partial charge in [0.1, 0.15) is 18.4 Å². The molecule has 1 aliphatic heterocycles. The van der Waals surface area contributed by atoms with E-state index in [4.69, 9.17) is 20.2 Å². The van der Waals surface area contributed by atoms with E-state index < -0.39 is 0 Å². The molecule has 1 aliphatic rings. The molecule has 0 unspecified atom stereocenters. The van der Waals surface area contributed by atoms with Gasteiger partial charge in [-0.3, -0.25) is 0 Å². The van der Waals surface area contributed by atoms with Crippen molar-refractivity contribution < 1.29 is 14.5 Å². The third-order valence-corrected chi connectivity index (χ3v) is 6.29. The fourth-order valence-corrected chi connectivity index (χ4v) is 4.31. The van der Waals surface area contributed by atoms with Gasteiger partial charge >= 0.3 is 0 Å². The van der Waals surface area contributed by atoms with Gasteiger partial charge in [0.25, 0.3) is 0 Å². The van der Waals surface area contributed by atoms with Crippen molar-refractivity contribution in [2.24, 2.45) is 10.9 Å². The van der Waals surface area contributed by atoms with Gasteiger partial charge in [-0.2, -0.15) is 4.98 Å². The van der Waals surface area contributed by atoms with Gasteiger partial charge < -0.3 is 25.1 Å². The van der Waals surface area contributed by atoms with Crippen LogP contribution in [0.15, 0.2) is 74.8 Å². The number of fused-ring (bicyclic) bond motifs is 1. The largest absolute Gasteiger partial charge is 0.489 e. The van der Waals surface area contributed by atoms with Crippen LogP contribution < -0.4 is 10.5 Å². The molecule has 1 fully saturated rings. The van der Waals surface area contributed by atoms with Crippen molar-refractivity contribution in [3.8, 4) is 17.1 Å². The zero-order valence-corrected chi connectivity index (χ0v) is 19.3. The summed E-state index contributed by atoms with van der Waals surface area (Å²) < 4.78 is 12.5. The standard InChI is InChI=1S/C24H22BrN5O3/c25-19-8-3-15(4-9-19)14-32-20-10-7-16-12-18(6-5-17(16)13-20)22-27-23(33-29-22)21-2-1-11-30(21)24(26)28-31/h3-10,12-13,21,31H,1-2,11,14H2,(H2,26,28)/t21-/m0/s1. The molecular formula is C24H22BrN5O3. The Hall–Kier alpha value is -3.59. The number of aromatic nitrogens is 2. The SMILES string of the molecule is N/C(=N\O)N1CCC[C@H]1c1nc(-c2ccc3cc(OCc4ccc(Br)cc4)ccc3c2)no1. The van der Waals surface area contributed by atoms with Crippen LogP contribution >= 0.6 is 15.9 Å². The van der Waals surface area contributed by atoms with E-state index in [-0.39, 0.29) is 12.0 Å². The number of hydrogen-bond acceptors (Lipinski definition) is 6. The summed E-state index contributed by atoms with van der Waals surface area (Å²) >= 11 is 3.44. The van der Waals surface area contributed by atoms with Gasteiger partial charge in [-0.25, -0.2) is 0 Å². The van der Waals surface area contributed by atoms with Crippen LogP contribution in [-0.4, -0.2) is 32.8 Å². The molecule has 33 heavy (non-hydrogen) atoms. The average molecular weight is 508 g/mol. The number of nitrogens with zero attached hydrogens (tertiary/aromatic N) is 4. The number of rotatable bonds is 5. The zero-order valence-electron chi connectivity index (χ0n) is 17.7. The fourth-order valence-electron chi connectivity index (χ4n) is 4.04. The van der Waals surface area contributed by atoms with Crippen LogP contribution in [0.3, 0.4) is 0 Å².